The molecule has 1 saturated heterocycles. The summed E-state index contributed by atoms with van der Waals surface area (Å²) in [4.78, 5) is 9.53. The van der Waals surface area contributed by atoms with Crippen LogP contribution in [0.1, 0.15) is 38.7 Å². The maximum atomic E-state index is 4.64. The summed E-state index contributed by atoms with van der Waals surface area (Å²) < 4.78 is 0. The molecule has 0 radical (unpaired) electrons. The highest BCUT2D eigenvalue weighted by Gasteiger charge is 2.22. The van der Waals surface area contributed by atoms with Crippen molar-refractivity contribution in [2.24, 2.45) is 0 Å². The first kappa shape index (κ1) is 16.2. The molecule has 1 aliphatic rings. The molecule has 2 rings (SSSR count). The maximum absolute atomic E-state index is 4.64. The second-order valence-corrected chi connectivity index (χ2v) is 5.98. The Hall–Kier alpha value is -1.13. The van der Waals surface area contributed by atoms with Crippen molar-refractivity contribution in [3.8, 4) is 0 Å². The molecule has 21 heavy (non-hydrogen) atoms. The molecule has 0 amide bonds. The predicted molar refractivity (Wildman–Crippen MR) is 89.8 cm³/mol. The molecular formula is C17H30N4. The molecule has 4 nitrogen and oxygen atoms in total. The molecule has 0 aliphatic carbocycles. The first-order valence-corrected chi connectivity index (χ1v) is 8.35. The van der Waals surface area contributed by atoms with Crippen molar-refractivity contribution in [1.29, 1.82) is 0 Å². The average molecular weight is 290 g/mol. The third kappa shape index (κ3) is 4.68. The first-order valence-electron chi connectivity index (χ1n) is 8.35. The van der Waals surface area contributed by atoms with E-state index in [1.807, 2.05) is 6.20 Å². The Bertz CT molecular complexity index is 396. The molecule has 4 heteroatoms. The number of nitrogens with zero attached hydrogens (tertiary/aromatic N) is 3. The maximum Gasteiger partial charge on any atom is 0.128 e. The Balaban J connectivity index is 1.86. The van der Waals surface area contributed by atoms with Crippen LogP contribution in [0.15, 0.2) is 18.3 Å². The summed E-state index contributed by atoms with van der Waals surface area (Å²) in [6.45, 7) is 10.0. The van der Waals surface area contributed by atoms with Gasteiger partial charge in [-0.1, -0.05) is 19.9 Å². The molecule has 2 heterocycles. The Morgan fingerprint density at radius 2 is 2.05 bits per heavy atom. The fourth-order valence-electron chi connectivity index (χ4n) is 2.95. The van der Waals surface area contributed by atoms with Crippen LogP contribution in [0.4, 0.5) is 5.82 Å². The van der Waals surface area contributed by atoms with Gasteiger partial charge in [0, 0.05) is 38.9 Å². The minimum absolute atomic E-state index is 0.629. The fourth-order valence-corrected chi connectivity index (χ4v) is 2.95. The average Bonchev–Trinajstić information content (AvgIpc) is 2.55. The zero-order valence-electron chi connectivity index (χ0n) is 13.8. The van der Waals surface area contributed by atoms with E-state index in [1.54, 1.807) is 0 Å². The number of aromatic nitrogens is 1. The van der Waals surface area contributed by atoms with Crippen LogP contribution in [0.25, 0.3) is 0 Å². The van der Waals surface area contributed by atoms with Crippen molar-refractivity contribution in [2.75, 3.05) is 38.1 Å². The summed E-state index contributed by atoms with van der Waals surface area (Å²) in [5, 5.41) is 3.42. The van der Waals surface area contributed by atoms with Crippen LogP contribution in [0.2, 0.25) is 0 Å². The molecule has 0 aromatic carbocycles. The number of hydrogen-bond donors (Lipinski definition) is 1. The number of nitrogens with one attached hydrogen (secondary N) is 1. The van der Waals surface area contributed by atoms with Crippen molar-refractivity contribution >= 4 is 5.82 Å². The largest absolute Gasteiger partial charge is 0.357 e. The topological polar surface area (TPSA) is 31.4 Å². The van der Waals surface area contributed by atoms with E-state index in [0.29, 0.717) is 6.04 Å². The molecule has 1 N–H and O–H groups in total. The summed E-state index contributed by atoms with van der Waals surface area (Å²) in [6, 6.07) is 4.99. The van der Waals surface area contributed by atoms with E-state index < -0.39 is 0 Å². The van der Waals surface area contributed by atoms with Gasteiger partial charge < -0.3 is 15.1 Å². The lowest BCUT2D eigenvalue weighted by Crippen LogP contribution is -2.43. The smallest absolute Gasteiger partial charge is 0.128 e. The number of hydrogen-bond acceptors (Lipinski definition) is 4. The normalized spacial score (nSPS) is 17.1. The van der Waals surface area contributed by atoms with Crippen LogP contribution in [-0.4, -0.2) is 49.2 Å². The van der Waals surface area contributed by atoms with E-state index in [2.05, 4.69) is 53.1 Å². The number of pyridine rings is 1. The molecule has 0 bridgehead atoms. The molecule has 0 unspecified atom stereocenters. The number of piperidine rings is 1. The van der Waals surface area contributed by atoms with Gasteiger partial charge in [0.1, 0.15) is 5.82 Å². The Kier molecular flexibility index (Phi) is 6.46. The van der Waals surface area contributed by atoms with Crippen LogP contribution in [0.3, 0.4) is 0 Å². The van der Waals surface area contributed by atoms with Gasteiger partial charge in [0.2, 0.25) is 0 Å². The molecule has 118 valence electrons. The highest BCUT2D eigenvalue weighted by molar-refractivity contribution is 5.39. The van der Waals surface area contributed by atoms with Gasteiger partial charge in [-0.15, -0.1) is 0 Å². The molecular weight excluding hydrogens is 260 g/mol. The van der Waals surface area contributed by atoms with Crippen LogP contribution in [0.5, 0.6) is 0 Å². The van der Waals surface area contributed by atoms with Crippen molar-refractivity contribution in [1.82, 2.24) is 15.2 Å². The highest BCUT2D eigenvalue weighted by atomic mass is 15.2. The van der Waals surface area contributed by atoms with Gasteiger partial charge >= 0.3 is 0 Å². The van der Waals surface area contributed by atoms with Crippen molar-refractivity contribution in [2.45, 2.75) is 45.7 Å². The summed E-state index contributed by atoms with van der Waals surface area (Å²) in [7, 11) is 2.18. The van der Waals surface area contributed by atoms with Crippen LogP contribution in [0, 0.1) is 0 Å². The van der Waals surface area contributed by atoms with Crippen molar-refractivity contribution in [3.63, 3.8) is 0 Å². The van der Waals surface area contributed by atoms with Gasteiger partial charge in [-0.05, 0) is 44.0 Å². The summed E-state index contributed by atoms with van der Waals surface area (Å²) in [5.74, 6) is 1.10. The van der Waals surface area contributed by atoms with Crippen LogP contribution in [-0.2, 0) is 6.54 Å². The lowest BCUT2D eigenvalue weighted by molar-refractivity contribution is 0.220. The third-order valence-electron chi connectivity index (χ3n) is 4.48. The van der Waals surface area contributed by atoms with Crippen molar-refractivity contribution in [3.05, 3.63) is 23.9 Å². The van der Waals surface area contributed by atoms with Gasteiger partial charge in [0.25, 0.3) is 0 Å². The number of likely N-dealkylation sites (tertiary alicyclic amines) is 1. The quantitative estimate of drug-likeness (QED) is 0.782. The van der Waals surface area contributed by atoms with Crippen LogP contribution >= 0.6 is 0 Å². The predicted octanol–water partition coefficient (Wildman–Crippen LogP) is 2.50. The minimum atomic E-state index is 0.629. The van der Waals surface area contributed by atoms with E-state index in [1.165, 1.54) is 44.5 Å². The summed E-state index contributed by atoms with van der Waals surface area (Å²) in [6.07, 6.45) is 5.66. The standard InChI is InChI=1S/C17H30N4/c1-4-10-18-13-15-6-7-17(19-14-15)20(3)16-8-11-21(5-2)12-9-16/h6-7,14,16,18H,4-5,8-13H2,1-3H3. The molecule has 1 aromatic rings. The van der Waals surface area contributed by atoms with E-state index in [9.17, 15) is 0 Å². The van der Waals surface area contributed by atoms with Gasteiger partial charge in [-0.3, -0.25) is 0 Å². The van der Waals surface area contributed by atoms with E-state index in [0.717, 1.165) is 18.9 Å². The molecule has 1 aliphatic heterocycles. The first-order chi connectivity index (χ1) is 10.2. The molecule has 0 spiro atoms. The minimum Gasteiger partial charge on any atom is -0.357 e. The van der Waals surface area contributed by atoms with Crippen molar-refractivity contribution < 1.29 is 0 Å². The zero-order valence-corrected chi connectivity index (χ0v) is 13.8. The summed E-state index contributed by atoms with van der Waals surface area (Å²) in [5.41, 5.74) is 1.27. The van der Waals surface area contributed by atoms with E-state index in [-0.39, 0.29) is 0 Å². The third-order valence-corrected chi connectivity index (χ3v) is 4.48. The zero-order chi connectivity index (χ0) is 15.1. The molecule has 1 aromatic heterocycles. The van der Waals surface area contributed by atoms with Gasteiger partial charge in [0.15, 0.2) is 0 Å². The molecule has 0 saturated carbocycles. The second kappa shape index (κ2) is 8.35. The second-order valence-electron chi connectivity index (χ2n) is 5.98. The highest BCUT2D eigenvalue weighted by Crippen LogP contribution is 2.20. The monoisotopic (exact) mass is 290 g/mol. The molecule has 1 fully saturated rings. The SMILES string of the molecule is CCCNCc1ccc(N(C)C2CCN(CC)CC2)nc1. The van der Waals surface area contributed by atoms with E-state index in [4.69, 9.17) is 0 Å². The van der Waals surface area contributed by atoms with Gasteiger partial charge in [-0.25, -0.2) is 4.98 Å². The summed E-state index contributed by atoms with van der Waals surface area (Å²) >= 11 is 0. The van der Waals surface area contributed by atoms with Gasteiger partial charge in [0.05, 0.1) is 0 Å². The number of anilines is 1. The van der Waals surface area contributed by atoms with Gasteiger partial charge in [-0.2, -0.15) is 0 Å². The fraction of sp³-hybridized carbons (Fsp3) is 0.706. The Morgan fingerprint density at radius 1 is 1.29 bits per heavy atom. The molecule has 0 atom stereocenters. The Labute approximate surface area is 129 Å². The van der Waals surface area contributed by atoms with Crippen LogP contribution < -0.4 is 10.2 Å². The van der Waals surface area contributed by atoms with E-state index >= 15 is 0 Å². The Morgan fingerprint density at radius 3 is 2.62 bits per heavy atom. The lowest BCUT2D eigenvalue weighted by Gasteiger charge is -2.36. The lowest BCUT2D eigenvalue weighted by atomic mass is 10.0. The number of rotatable bonds is 7.